The summed E-state index contributed by atoms with van der Waals surface area (Å²) >= 11 is 0. The second-order valence-corrected chi connectivity index (χ2v) is 13.6. The summed E-state index contributed by atoms with van der Waals surface area (Å²) in [6.45, 7) is 0. The Morgan fingerprint density at radius 2 is 1.00 bits per heavy atom. The van der Waals surface area contributed by atoms with Gasteiger partial charge in [0.2, 0.25) is 5.89 Å². The molecule has 0 radical (unpaired) electrons. The van der Waals surface area contributed by atoms with E-state index in [0.717, 1.165) is 72.7 Å². The van der Waals surface area contributed by atoms with Gasteiger partial charge in [0.25, 0.3) is 0 Å². The summed E-state index contributed by atoms with van der Waals surface area (Å²) in [4.78, 5) is 14.2. The van der Waals surface area contributed by atoms with Crippen LogP contribution in [0.25, 0.3) is 100 Å². The van der Waals surface area contributed by atoms with Crippen LogP contribution in [0.1, 0.15) is 0 Å². The van der Waals surface area contributed by atoms with Gasteiger partial charge in [0, 0.05) is 17.3 Å². The van der Waals surface area contributed by atoms with Crippen LogP contribution >= 0.6 is 0 Å². The van der Waals surface area contributed by atoms with Crippen LogP contribution in [0.15, 0.2) is 205 Å². The molecule has 55 heavy (non-hydrogen) atoms. The standard InChI is InChI=1S/C51H33N3O/c1-3-13-37(14-4-1)47-31-42(32-48(53-47)38-15-5-2-6-16-38)39-17-11-18-41(30-39)50-43-19-8-7-12-35(43)25-27-44(50)36-23-21-34(22-24-36)40-26-28-45-49(33-40)55-51(54-45)46-20-9-10-29-52-46/h1-33H. The van der Waals surface area contributed by atoms with Crippen molar-refractivity contribution in [1.29, 1.82) is 0 Å². The van der Waals surface area contributed by atoms with Crippen LogP contribution in [0.5, 0.6) is 0 Å². The van der Waals surface area contributed by atoms with E-state index in [1.54, 1.807) is 6.20 Å². The molecule has 0 saturated heterocycles. The van der Waals surface area contributed by atoms with Crippen molar-refractivity contribution >= 4 is 21.9 Å². The second kappa shape index (κ2) is 13.8. The molecule has 258 valence electrons. The van der Waals surface area contributed by atoms with E-state index in [4.69, 9.17) is 9.40 Å². The normalized spacial score (nSPS) is 11.3. The molecule has 0 amide bonds. The SMILES string of the molecule is c1ccc(-c2cc(-c3cccc(-c4c(-c5ccc(-c6ccc7nc(-c8ccccn8)oc7c6)cc5)ccc5ccccc45)c3)cc(-c3ccccc3)n2)cc1. The van der Waals surface area contributed by atoms with Crippen molar-refractivity contribution in [3.8, 4) is 78.6 Å². The number of pyridine rings is 2. The highest BCUT2D eigenvalue weighted by atomic mass is 16.3. The lowest BCUT2D eigenvalue weighted by Crippen LogP contribution is -1.92. The molecule has 0 fully saturated rings. The van der Waals surface area contributed by atoms with E-state index in [-0.39, 0.29) is 0 Å². The minimum atomic E-state index is 0.521. The molecule has 7 aromatic carbocycles. The Balaban J connectivity index is 1.05. The number of hydrogen-bond acceptors (Lipinski definition) is 4. The molecule has 10 aromatic rings. The van der Waals surface area contributed by atoms with Crippen LogP contribution in [0.4, 0.5) is 0 Å². The first-order chi connectivity index (χ1) is 27.2. The number of nitrogens with zero attached hydrogens (tertiary/aromatic N) is 3. The molecule has 4 nitrogen and oxygen atoms in total. The van der Waals surface area contributed by atoms with Crippen LogP contribution < -0.4 is 0 Å². The molecular weight excluding hydrogens is 671 g/mol. The summed E-state index contributed by atoms with van der Waals surface area (Å²) in [5.41, 5.74) is 15.5. The van der Waals surface area contributed by atoms with Crippen LogP contribution in [0.3, 0.4) is 0 Å². The first kappa shape index (κ1) is 32.2. The highest BCUT2D eigenvalue weighted by molar-refractivity contribution is 6.04. The largest absolute Gasteiger partial charge is 0.435 e. The first-order valence-corrected chi connectivity index (χ1v) is 18.4. The van der Waals surface area contributed by atoms with E-state index in [9.17, 15) is 0 Å². The Kier molecular flexibility index (Phi) is 8.12. The highest BCUT2D eigenvalue weighted by Crippen LogP contribution is 2.41. The van der Waals surface area contributed by atoms with Crippen molar-refractivity contribution in [2.75, 3.05) is 0 Å². The van der Waals surface area contributed by atoms with Crippen molar-refractivity contribution in [3.63, 3.8) is 0 Å². The third-order valence-corrected chi connectivity index (χ3v) is 10.2. The maximum absolute atomic E-state index is 6.14. The topological polar surface area (TPSA) is 51.8 Å². The van der Waals surface area contributed by atoms with E-state index in [0.29, 0.717) is 5.89 Å². The Bertz CT molecular complexity index is 2900. The Morgan fingerprint density at radius 1 is 0.364 bits per heavy atom. The number of rotatable bonds is 7. The molecule has 0 spiro atoms. The Hall–Kier alpha value is -7.43. The minimum absolute atomic E-state index is 0.521. The molecule has 10 rings (SSSR count). The molecule has 4 heteroatoms. The molecule has 0 atom stereocenters. The Morgan fingerprint density at radius 3 is 1.75 bits per heavy atom. The number of oxazole rings is 1. The summed E-state index contributed by atoms with van der Waals surface area (Å²) in [5, 5.41) is 2.42. The van der Waals surface area contributed by atoms with E-state index in [1.165, 1.54) is 21.9 Å². The van der Waals surface area contributed by atoms with Gasteiger partial charge in [0.1, 0.15) is 11.2 Å². The van der Waals surface area contributed by atoms with Crippen LogP contribution in [0.2, 0.25) is 0 Å². The number of aromatic nitrogens is 3. The van der Waals surface area contributed by atoms with Gasteiger partial charge in [-0.3, -0.25) is 4.98 Å². The maximum Gasteiger partial charge on any atom is 0.246 e. The quantitative estimate of drug-likeness (QED) is 0.166. The minimum Gasteiger partial charge on any atom is -0.435 e. The van der Waals surface area contributed by atoms with Crippen molar-refractivity contribution in [2.24, 2.45) is 0 Å². The molecule has 0 aliphatic heterocycles. The molecule has 0 aliphatic carbocycles. The van der Waals surface area contributed by atoms with Gasteiger partial charge in [0.05, 0.1) is 11.4 Å². The van der Waals surface area contributed by atoms with Gasteiger partial charge in [0.15, 0.2) is 5.58 Å². The van der Waals surface area contributed by atoms with Gasteiger partial charge in [-0.05, 0) is 97.7 Å². The lowest BCUT2D eigenvalue weighted by molar-refractivity contribution is 0.617. The Labute approximate surface area is 319 Å². The van der Waals surface area contributed by atoms with Gasteiger partial charge in [-0.15, -0.1) is 0 Å². The zero-order chi connectivity index (χ0) is 36.6. The van der Waals surface area contributed by atoms with Crippen molar-refractivity contribution in [3.05, 3.63) is 200 Å². The zero-order valence-electron chi connectivity index (χ0n) is 29.8. The molecule has 0 saturated carbocycles. The third-order valence-electron chi connectivity index (χ3n) is 10.2. The fraction of sp³-hybridized carbons (Fsp3) is 0. The number of fused-ring (bicyclic) bond motifs is 2. The monoisotopic (exact) mass is 703 g/mol. The fourth-order valence-electron chi connectivity index (χ4n) is 7.43. The van der Waals surface area contributed by atoms with Crippen LogP contribution in [-0.4, -0.2) is 15.0 Å². The van der Waals surface area contributed by atoms with E-state index in [2.05, 4.69) is 168 Å². The number of hydrogen-bond donors (Lipinski definition) is 0. The van der Waals surface area contributed by atoms with E-state index in [1.807, 2.05) is 36.4 Å². The molecule has 3 heterocycles. The summed E-state index contributed by atoms with van der Waals surface area (Å²) in [6, 6.07) is 68.0. The van der Waals surface area contributed by atoms with Gasteiger partial charge >= 0.3 is 0 Å². The third kappa shape index (κ3) is 6.26. The highest BCUT2D eigenvalue weighted by Gasteiger charge is 2.16. The number of benzene rings is 7. The predicted octanol–water partition coefficient (Wildman–Crippen LogP) is 13.4. The average Bonchev–Trinajstić information content (AvgIpc) is 3.71. The molecule has 0 aliphatic rings. The summed E-state index contributed by atoms with van der Waals surface area (Å²) < 4.78 is 6.14. The molecular formula is C51H33N3O. The van der Waals surface area contributed by atoms with Crippen LogP contribution in [-0.2, 0) is 0 Å². The molecule has 0 unspecified atom stereocenters. The lowest BCUT2D eigenvalue weighted by Gasteiger charge is -2.16. The van der Waals surface area contributed by atoms with E-state index >= 15 is 0 Å². The van der Waals surface area contributed by atoms with E-state index < -0.39 is 0 Å². The smallest absolute Gasteiger partial charge is 0.246 e. The lowest BCUT2D eigenvalue weighted by atomic mass is 9.88. The van der Waals surface area contributed by atoms with Gasteiger partial charge in [-0.2, -0.15) is 0 Å². The van der Waals surface area contributed by atoms with Crippen molar-refractivity contribution in [2.45, 2.75) is 0 Å². The van der Waals surface area contributed by atoms with Crippen LogP contribution in [0, 0.1) is 0 Å². The molecule has 0 N–H and O–H groups in total. The summed E-state index contributed by atoms with van der Waals surface area (Å²) in [6.07, 6.45) is 1.75. The molecule has 0 bridgehead atoms. The maximum atomic E-state index is 6.14. The van der Waals surface area contributed by atoms with Gasteiger partial charge in [-0.1, -0.05) is 152 Å². The summed E-state index contributed by atoms with van der Waals surface area (Å²) in [7, 11) is 0. The predicted molar refractivity (Wildman–Crippen MR) is 225 cm³/mol. The van der Waals surface area contributed by atoms with Gasteiger partial charge in [-0.25, -0.2) is 9.97 Å². The fourth-order valence-corrected chi connectivity index (χ4v) is 7.43. The van der Waals surface area contributed by atoms with Crippen molar-refractivity contribution in [1.82, 2.24) is 15.0 Å². The first-order valence-electron chi connectivity index (χ1n) is 18.4. The second-order valence-electron chi connectivity index (χ2n) is 13.6. The van der Waals surface area contributed by atoms with Crippen molar-refractivity contribution < 1.29 is 4.42 Å². The molecule has 3 aromatic heterocycles. The summed E-state index contributed by atoms with van der Waals surface area (Å²) in [5.74, 6) is 0.521. The van der Waals surface area contributed by atoms with Gasteiger partial charge < -0.3 is 4.42 Å². The zero-order valence-corrected chi connectivity index (χ0v) is 29.8. The average molecular weight is 704 g/mol.